The zero-order valence-corrected chi connectivity index (χ0v) is 13.1. The molecule has 0 aliphatic carbocycles. The third-order valence-corrected chi connectivity index (χ3v) is 3.53. The topological polar surface area (TPSA) is 32.3 Å². The summed E-state index contributed by atoms with van der Waals surface area (Å²) in [6.07, 6.45) is 1.67. The van der Waals surface area contributed by atoms with E-state index in [-0.39, 0.29) is 0 Å². The number of hydrogen-bond donors (Lipinski definition) is 0. The van der Waals surface area contributed by atoms with Crippen molar-refractivity contribution in [1.82, 2.24) is 14.9 Å². The molecule has 108 valence electrons. The predicted octanol–water partition coefficient (Wildman–Crippen LogP) is 2.71. The van der Waals surface area contributed by atoms with Gasteiger partial charge in [0.2, 0.25) is 0 Å². The maximum absolute atomic E-state index is 4.56. The summed E-state index contributed by atoms with van der Waals surface area (Å²) in [5.74, 6) is 1.05. The predicted molar refractivity (Wildman–Crippen MR) is 85.3 cm³/mol. The van der Waals surface area contributed by atoms with Gasteiger partial charge < -0.3 is 9.80 Å². The Morgan fingerprint density at radius 2 is 1.85 bits per heavy atom. The second-order valence-corrected chi connectivity index (χ2v) is 5.76. The van der Waals surface area contributed by atoms with Gasteiger partial charge in [0.05, 0.1) is 5.52 Å². The maximum atomic E-state index is 4.56. The van der Waals surface area contributed by atoms with Gasteiger partial charge >= 0.3 is 0 Å². The van der Waals surface area contributed by atoms with Gasteiger partial charge in [-0.05, 0) is 46.5 Å². The lowest BCUT2D eigenvalue weighted by Crippen LogP contribution is -2.37. The van der Waals surface area contributed by atoms with Gasteiger partial charge in [0.1, 0.15) is 12.1 Å². The Morgan fingerprint density at radius 3 is 2.50 bits per heavy atom. The van der Waals surface area contributed by atoms with Crippen LogP contribution in [0.25, 0.3) is 10.9 Å². The number of hydrogen-bond acceptors (Lipinski definition) is 4. The molecule has 20 heavy (non-hydrogen) atoms. The second kappa shape index (κ2) is 6.18. The lowest BCUT2D eigenvalue weighted by molar-refractivity contribution is 0.408. The fourth-order valence-corrected chi connectivity index (χ4v) is 2.40. The van der Waals surface area contributed by atoms with Crippen molar-refractivity contribution in [1.29, 1.82) is 0 Å². The number of aryl methyl sites for hydroxylation is 1. The molecule has 1 aromatic carbocycles. The summed E-state index contributed by atoms with van der Waals surface area (Å²) in [6.45, 7) is 8.52. The highest BCUT2D eigenvalue weighted by Gasteiger charge is 2.16. The van der Waals surface area contributed by atoms with Gasteiger partial charge in [0.15, 0.2) is 0 Å². The van der Waals surface area contributed by atoms with Gasteiger partial charge in [-0.3, -0.25) is 0 Å². The minimum atomic E-state index is 0.410. The standard InChI is InChI=1S/C16H24N4/c1-12(2)20(10-9-19(4)5)16-15-13(3)7-6-8-14(15)17-11-18-16/h6-8,11-12H,9-10H2,1-5H3. The lowest BCUT2D eigenvalue weighted by Gasteiger charge is -2.30. The molecule has 0 spiro atoms. The van der Waals surface area contributed by atoms with E-state index >= 15 is 0 Å². The molecule has 4 heteroatoms. The Hall–Kier alpha value is -1.68. The minimum absolute atomic E-state index is 0.410. The Morgan fingerprint density at radius 1 is 1.10 bits per heavy atom. The zero-order valence-electron chi connectivity index (χ0n) is 13.1. The Balaban J connectivity index is 2.48. The van der Waals surface area contributed by atoms with Crippen LogP contribution in [-0.2, 0) is 0 Å². The van der Waals surface area contributed by atoms with E-state index in [1.54, 1.807) is 6.33 Å². The summed E-state index contributed by atoms with van der Waals surface area (Å²) in [5, 5.41) is 1.17. The van der Waals surface area contributed by atoms with Gasteiger partial charge in [-0.1, -0.05) is 12.1 Å². The van der Waals surface area contributed by atoms with Crippen molar-refractivity contribution in [2.75, 3.05) is 32.1 Å². The first kappa shape index (κ1) is 14.7. The van der Waals surface area contributed by atoms with Crippen LogP contribution in [0, 0.1) is 6.92 Å². The van der Waals surface area contributed by atoms with Crippen LogP contribution in [-0.4, -0.2) is 48.1 Å². The molecule has 0 aliphatic heterocycles. The highest BCUT2D eigenvalue weighted by atomic mass is 15.2. The quantitative estimate of drug-likeness (QED) is 0.837. The molecule has 0 N–H and O–H groups in total. The lowest BCUT2D eigenvalue weighted by atomic mass is 10.1. The highest BCUT2D eigenvalue weighted by Crippen LogP contribution is 2.27. The Bertz CT molecular complexity index is 572. The van der Waals surface area contributed by atoms with E-state index < -0.39 is 0 Å². The molecule has 2 aromatic rings. The summed E-state index contributed by atoms with van der Waals surface area (Å²) >= 11 is 0. The fourth-order valence-electron chi connectivity index (χ4n) is 2.40. The van der Waals surface area contributed by atoms with E-state index in [1.165, 1.54) is 10.9 Å². The summed E-state index contributed by atoms with van der Waals surface area (Å²) in [7, 11) is 4.20. The van der Waals surface area contributed by atoms with Crippen molar-refractivity contribution in [3.8, 4) is 0 Å². The van der Waals surface area contributed by atoms with E-state index in [2.05, 4.69) is 66.8 Å². The summed E-state index contributed by atoms with van der Waals surface area (Å²) in [6, 6.07) is 6.64. The first-order valence-electron chi connectivity index (χ1n) is 7.12. The van der Waals surface area contributed by atoms with Crippen molar-refractivity contribution < 1.29 is 0 Å². The van der Waals surface area contributed by atoms with Crippen LogP contribution in [0.1, 0.15) is 19.4 Å². The van der Waals surface area contributed by atoms with E-state index in [0.717, 1.165) is 24.4 Å². The molecule has 1 aromatic heterocycles. The normalized spacial score (nSPS) is 11.6. The van der Waals surface area contributed by atoms with Crippen molar-refractivity contribution in [3.63, 3.8) is 0 Å². The Labute approximate surface area is 121 Å². The van der Waals surface area contributed by atoms with Crippen molar-refractivity contribution in [2.24, 2.45) is 0 Å². The van der Waals surface area contributed by atoms with E-state index in [9.17, 15) is 0 Å². The van der Waals surface area contributed by atoms with Gasteiger partial charge in [-0.25, -0.2) is 9.97 Å². The van der Waals surface area contributed by atoms with Crippen LogP contribution >= 0.6 is 0 Å². The molecule has 4 nitrogen and oxygen atoms in total. The van der Waals surface area contributed by atoms with Crippen LogP contribution in [0.2, 0.25) is 0 Å². The summed E-state index contributed by atoms with van der Waals surface area (Å²) < 4.78 is 0. The molecular formula is C16H24N4. The minimum Gasteiger partial charge on any atom is -0.352 e. The molecule has 0 saturated heterocycles. The molecule has 0 radical (unpaired) electrons. The molecule has 0 fully saturated rings. The van der Waals surface area contributed by atoms with Crippen molar-refractivity contribution in [3.05, 3.63) is 30.1 Å². The average Bonchev–Trinajstić information content (AvgIpc) is 2.38. The molecule has 0 aliphatic rings. The van der Waals surface area contributed by atoms with Gasteiger partial charge in [-0.2, -0.15) is 0 Å². The largest absolute Gasteiger partial charge is 0.352 e. The molecule has 1 heterocycles. The van der Waals surface area contributed by atoms with E-state index in [0.29, 0.717) is 6.04 Å². The average molecular weight is 272 g/mol. The van der Waals surface area contributed by atoms with Gasteiger partial charge in [-0.15, -0.1) is 0 Å². The highest BCUT2D eigenvalue weighted by molar-refractivity contribution is 5.92. The first-order valence-corrected chi connectivity index (χ1v) is 7.12. The number of likely N-dealkylation sites (N-methyl/N-ethyl adjacent to an activating group) is 1. The fraction of sp³-hybridized carbons (Fsp3) is 0.500. The van der Waals surface area contributed by atoms with Gasteiger partial charge in [0.25, 0.3) is 0 Å². The first-order chi connectivity index (χ1) is 9.50. The van der Waals surface area contributed by atoms with E-state index in [4.69, 9.17) is 0 Å². The number of fused-ring (bicyclic) bond motifs is 1. The van der Waals surface area contributed by atoms with Crippen molar-refractivity contribution in [2.45, 2.75) is 26.8 Å². The monoisotopic (exact) mass is 272 g/mol. The van der Waals surface area contributed by atoms with Crippen LogP contribution in [0.3, 0.4) is 0 Å². The number of rotatable bonds is 5. The van der Waals surface area contributed by atoms with Crippen LogP contribution in [0.15, 0.2) is 24.5 Å². The zero-order chi connectivity index (χ0) is 14.7. The molecule has 0 amide bonds. The molecule has 0 bridgehead atoms. The smallest absolute Gasteiger partial charge is 0.140 e. The van der Waals surface area contributed by atoms with Crippen LogP contribution in [0.4, 0.5) is 5.82 Å². The van der Waals surface area contributed by atoms with Crippen molar-refractivity contribution >= 4 is 16.7 Å². The molecule has 0 atom stereocenters. The Kier molecular flexibility index (Phi) is 4.55. The number of benzene rings is 1. The van der Waals surface area contributed by atoms with Gasteiger partial charge in [0, 0.05) is 24.5 Å². The maximum Gasteiger partial charge on any atom is 0.140 e. The molecule has 2 rings (SSSR count). The van der Waals surface area contributed by atoms with E-state index in [1.807, 2.05) is 6.07 Å². The number of nitrogens with zero attached hydrogens (tertiary/aromatic N) is 4. The van der Waals surface area contributed by atoms with Crippen LogP contribution in [0.5, 0.6) is 0 Å². The molecule has 0 saturated carbocycles. The summed E-state index contributed by atoms with van der Waals surface area (Å²) in [5.41, 5.74) is 2.25. The molecule has 0 unspecified atom stereocenters. The number of anilines is 1. The number of aromatic nitrogens is 2. The van der Waals surface area contributed by atoms with Crippen LogP contribution < -0.4 is 4.90 Å². The summed E-state index contributed by atoms with van der Waals surface area (Å²) in [4.78, 5) is 13.5. The third-order valence-electron chi connectivity index (χ3n) is 3.53. The third kappa shape index (κ3) is 3.07. The second-order valence-electron chi connectivity index (χ2n) is 5.76. The molecular weight excluding hydrogens is 248 g/mol. The SMILES string of the molecule is Cc1cccc2ncnc(N(CCN(C)C)C(C)C)c12.